The van der Waals surface area contributed by atoms with Crippen molar-refractivity contribution in [2.24, 2.45) is 40.9 Å². The average molecular weight is 285 g/mol. The first-order valence-electron chi connectivity index (χ1n) is 6.33. The molecule has 3 nitrogen and oxygen atoms in total. The monoisotopic (exact) mass is 284 g/mol. The van der Waals surface area contributed by atoms with E-state index < -0.39 is 0 Å². The molecule has 1 aliphatic heterocycles. The Labute approximate surface area is 102 Å². The van der Waals surface area contributed by atoms with Crippen LogP contribution >= 0.6 is 15.9 Å². The van der Waals surface area contributed by atoms with Crippen LogP contribution in [0.25, 0.3) is 0 Å². The second-order valence-corrected chi connectivity index (χ2v) is 7.87. The van der Waals surface area contributed by atoms with Crippen LogP contribution in [0.2, 0.25) is 0 Å². The van der Waals surface area contributed by atoms with E-state index in [2.05, 4.69) is 15.9 Å². The second kappa shape index (κ2) is 1.85. The Hall–Kier alpha value is 0.360. The first-order chi connectivity index (χ1) is 7.75. The summed E-state index contributed by atoms with van der Waals surface area (Å²) in [6.07, 6.45) is 0. The summed E-state index contributed by atoms with van der Waals surface area (Å²) < 4.78 is 12.1. The lowest BCUT2D eigenvalue weighted by Crippen LogP contribution is -2.50. The van der Waals surface area contributed by atoms with Gasteiger partial charge in [-0.15, -0.1) is 0 Å². The summed E-state index contributed by atoms with van der Waals surface area (Å²) >= 11 is 4.02. The fraction of sp³-hybridized carbons (Fsp3) is 1.00. The Kier molecular flexibility index (Phi) is 0.979. The van der Waals surface area contributed by atoms with Crippen LogP contribution in [-0.2, 0) is 9.47 Å². The zero-order valence-corrected chi connectivity index (χ0v) is 10.3. The summed E-state index contributed by atoms with van der Waals surface area (Å²) in [6.45, 7) is 1.89. The lowest BCUT2D eigenvalue weighted by Gasteiger charge is -2.37. The lowest BCUT2D eigenvalue weighted by molar-refractivity contribution is -0.193. The predicted octanol–water partition coefficient (Wildman–Crippen LogP) is 0.607. The van der Waals surface area contributed by atoms with Crippen molar-refractivity contribution in [3.63, 3.8) is 0 Å². The van der Waals surface area contributed by atoms with E-state index in [1.807, 2.05) is 0 Å². The van der Waals surface area contributed by atoms with E-state index in [4.69, 9.17) is 9.47 Å². The number of aliphatic hydroxyl groups is 1. The molecule has 8 atom stereocenters. The van der Waals surface area contributed by atoms with Crippen LogP contribution in [0.3, 0.4) is 0 Å². The molecule has 7 rings (SSSR count). The number of halogens is 1. The van der Waals surface area contributed by atoms with Crippen LogP contribution in [0.5, 0.6) is 0 Å². The molecule has 7 fully saturated rings. The summed E-state index contributed by atoms with van der Waals surface area (Å²) in [7, 11) is 0. The van der Waals surface area contributed by atoms with Crippen LogP contribution in [0, 0.1) is 40.9 Å². The minimum absolute atomic E-state index is 0.0594. The maximum absolute atomic E-state index is 9.74. The summed E-state index contributed by atoms with van der Waals surface area (Å²) in [4.78, 5) is 0. The molecule has 6 saturated carbocycles. The van der Waals surface area contributed by atoms with E-state index in [9.17, 15) is 5.11 Å². The van der Waals surface area contributed by atoms with E-state index in [1.165, 1.54) is 0 Å². The summed E-state index contributed by atoms with van der Waals surface area (Å²) in [6, 6.07) is 0. The van der Waals surface area contributed by atoms with Crippen molar-refractivity contribution >= 4 is 15.9 Å². The third-order valence-corrected chi connectivity index (χ3v) is 8.42. The van der Waals surface area contributed by atoms with Crippen molar-refractivity contribution in [1.82, 2.24) is 0 Å². The van der Waals surface area contributed by atoms with Crippen molar-refractivity contribution < 1.29 is 14.6 Å². The van der Waals surface area contributed by atoms with Gasteiger partial charge in [-0.25, -0.2) is 0 Å². The van der Waals surface area contributed by atoms with Gasteiger partial charge >= 0.3 is 0 Å². The van der Waals surface area contributed by atoms with Crippen LogP contribution < -0.4 is 0 Å². The SMILES string of the molecule is OC[C@]12[C@@H]3[C@H]4[C@@H]5[C@H]1[C@H]2[C@](Br)([C@@H]43)C51OCCO1. The Morgan fingerprint density at radius 1 is 1.12 bits per heavy atom. The highest BCUT2D eigenvalue weighted by Gasteiger charge is 3.08. The molecule has 16 heavy (non-hydrogen) atoms. The van der Waals surface area contributed by atoms with Gasteiger partial charge in [0.2, 0.25) is 0 Å². The van der Waals surface area contributed by atoms with Gasteiger partial charge in [0.25, 0.3) is 0 Å². The van der Waals surface area contributed by atoms with Gasteiger partial charge in [-0.05, 0) is 29.6 Å². The Balaban J connectivity index is 1.63. The molecule has 0 aromatic heterocycles. The average Bonchev–Trinajstić information content (AvgIpc) is 2.97. The third-order valence-electron chi connectivity index (χ3n) is 6.85. The lowest BCUT2D eigenvalue weighted by atomic mass is 9.94. The van der Waals surface area contributed by atoms with Crippen LogP contribution in [-0.4, -0.2) is 35.0 Å². The highest BCUT2D eigenvalue weighted by molar-refractivity contribution is 9.10. The number of ether oxygens (including phenoxy) is 2. The Bertz CT molecular complexity index is 448. The molecule has 0 unspecified atom stereocenters. The standard InChI is InChI=1S/C12H13BrO3/c13-11-6-4-5(6)10(3-14)8(9(10)11)7(4)12(11)15-1-2-16-12/h4-9,14H,1-3H2/t4-,5-,6+,7-,8+,9-,10+,11-/m1/s1. The summed E-state index contributed by atoms with van der Waals surface area (Å²) in [5.74, 6) is 3.92. The topological polar surface area (TPSA) is 38.7 Å². The number of hydrogen-bond acceptors (Lipinski definition) is 3. The summed E-state index contributed by atoms with van der Waals surface area (Å²) in [5, 5.41) is 9.74. The van der Waals surface area contributed by atoms with E-state index in [0.29, 0.717) is 24.4 Å². The van der Waals surface area contributed by atoms with Crippen molar-refractivity contribution in [3.8, 4) is 0 Å². The molecule has 4 heteroatoms. The van der Waals surface area contributed by atoms with E-state index in [-0.39, 0.29) is 15.5 Å². The first kappa shape index (κ1) is 8.46. The van der Waals surface area contributed by atoms with Crippen molar-refractivity contribution in [2.75, 3.05) is 19.8 Å². The fourth-order valence-electron chi connectivity index (χ4n) is 6.92. The predicted molar refractivity (Wildman–Crippen MR) is 56.8 cm³/mol. The van der Waals surface area contributed by atoms with Crippen molar-refractivity contribution in [3.05, 3.63) is 0 Å². The van der Waals surface area contributed by atoms with E-state index in [0.717, 1.165) is 31.0 Å². The second-order valence-electron chi connectivity index (χ2n) is 6.56. The quantitative estimate of drug-likeness (QED) is 0.717. The minimum atomic E-state index is -0.302. The van der Waals surface area contributed by atoms with Gasteiger partial charge in [0, 0.05) is 17.9 Å². The van der Waals surface area contributed by atoms with E-state index in [1.54, 1.807) is 0 Å². The fourth-order valence-corrected chi connectivity index (χ4v) is 8.71. The van der Waals surface area contributed by atoms with Crippen molar-refractivity contribution in [1.29, 1.82) is 0 Å². The molecule has 0 amide bonds. The molecule has 2 bridgehead atoms. The number of alkyl halides is 1. The van der Waals surface area contributed by atoms with Gasteiger partial charge in [0.15, 0.2) is 5.79 Å². The molecule has 1 saturated heterocycles. The summed E-state index contributed by atoms with van der Waals surface area (Å²) in [5.41, 5.74) is 0.282. The number of rotatable bonds is 1. The molecule has 6 aliphatic carbocycles. The van der Waals surface area contributed by atoms with Crippen LogP contribution in [0.15, 0.2) is 0 Å². The molecule has 0 aromatic carbocycles. The molecular formula is C12H13BrO3. The van der Waals surface area contributed by atoms with Gasteiger partial charge < -0.3 is 14.6 Å². The van der Waals surface area contributed by atoms with Gasteiger partial charge in [0.1, 0.15) is 0 Å². The third kappa shape index (κ3) is 0.428. The van der Waals surface area contributed by atoms with Gasteiger partial charge in [-0.3, -0.25) is 0 Å². The Morgan fingerprint density at radius 3 is 2.31 bits per heavy atom. The van der Waals surface area contributed by atoms with Gasteiger partial charge in [0.05, 0.1) is 17.5 Å². The van der Waals surface area contributed by atoms with E-state index >= 15 is 0 Å². The molecule has 0 aromatic rings. The zero-order chi connectivity index (χ0) is 10.5. The maximum Gasteiger partial charge on any atom is 0.187 e. The van der Waals surface area contributed by atoms with Crippen LogP contribution in [0.1, 0.15) is 0 Å². The molecule has 1 spiro atoms. The highest BCUT2D eigenvalue weighted by Crippen LogP contribution is 3.04. The maximum atomic E-state index is 9.74. The van der Waals surface area contributed by atoms with Gasteiger partial charge in [-0.1, -0.05) is 15.9 Å². The molecule has 1 N–H and O–H groups in total. The minimum Gasteiger partial charge on any atom is -0.396 e. The van der Waals surface area contributed by atoms with Gasteiger partial charge in [-0.2, -0.15) is 0 Å². The molecule has 1 heterocycles. The first-order valence-corrected chi connectivity index (χ1v) is 7.12. The number of aliphatic hydroxyl groups excluding tert-OH is 1. The zero-order valence-electron chi connectivity index (χ0n) is 8.73. The van der Waals surface area contributed by atoms with Crippen LogP contribution in [0.4, 0.5) is 0 Å². The number of hydrogen-bond donors (Lipinski definition) is 1. The largest absolute Gasteiger partial charge is 0.396 e. The highest BCUT2D eigenvalue weighted by atomic mass is 79.9. The molecule has 0 radical (unpaired) electrons. The molecule has 86 valence electrons. The molecule has 7 aliphatic rings. The normalized spacial score (nSPS) is 77.6. The Morgan fingerprint density at radius 2 is 1.88 bits per heavy atom. The smallest absolute Gasteiger partial charge is 0.187 e. The molecular weight excluding hydrogens is 272 g/mol. The van der Waals surface area contributed by atoms with Crippen molar-refractivity contribution in [2.45, 2.75) is 10.1 Å².